The Labute approximate surface area is 200 Å². The molecule has 0 radical (unpaired) electrons. The summed E-state index contributed by atoms with van der Waals surface area (Å²) in [5, 5.41) is 21.6. The largest absolute Gasteiger partial charge is 0.390 e. The van der Waals surface area contributed by atoms with E-state index in [0.717, 1.165) is 43.4 Å². The average molecular weight is 463 g/mol. The van der Waals surface area contributed by atoms with Gasteiger partial charge in [0.25, 0.3) is 5.91 Å². The third-order valence-electron chi connectivity index (χ3n) is 7.76. The first kappa shape index (κ1) is 22.8. The summed E-state index contributed by atoms with van der Waals surface area (Å²) in [4.78, 5) is 25.1. The van der Waals surface area contributed by atoms with Crippen LogP contribution in [0.2, 0.25) is 0 Å². The lowest BCUT2D eigenvalue weighted by Gasteiger charge is -2.58. The van der Waals surface area contributed by atoms with E-state index in [-0.39, 0.29) is 17.9 Å². The number of nitrogens with zero attached hydrogens (tertiary/aromatic N) is 2. The first-order valence-corrected chi connectivity index (χ1v) is 12.3. The molecule has 1 heterocycles. The fraction of sp³-hybridized carbons (Fsp3) is 0.519. The van der Waals surface area contributed by atoms with Crippen molar-refractivity contribution in [3.05, 3.63) is 48.2 Å². The molecule has 4 aliphatic rings. The summed E-state index contributed by atoms with van der Waals surface area (Å²) in [5.41, 5.74) is 1.06. The lowest BCUT2D eigenvalue weighted by molar-refractivity contribution is -0.136. The Kier molecular flexibility index (Phi) is 5.63. The van der Waals surface area contributed by atoms with Crippen LogP contribution >= 0.6 is 0 Å². The maximum Gasteiger partial charge on any atom is 0.255 e. The molecule has 1 aromatic heterocycles. The molecule has 7 nitrogen and oxygen atoms in total. The van der Waals surface area contributed by atoms with Gasteiger partial charge in [0.15, 0.2) is 0 Å². The number of carbonyl (C=O) groups excluding carboxylic acids is 2. The van der Waals surface area contributed by atoms with Crippen LogP contribution in [-0.4, -0.2) is 43.9 Å². The Balaban J connectivity index is 1.43. The maximum atomic E-state index is 13.6. The Morgan fingerprint density at radius 1 is 1.15 bits per heavy atom. The van der Waals surface area contributed by atoms with E-state index < -0.39 is 11.1 Å². The van der Waals surface area contributed by atoms with Crippen LogP contribution < -0.4 is 10.6 Å². The minimum absolute atomic E-state index is 0.102. The molecule has 7 heteroatoms. The lowest BCUT2D eigenvalue weighted by atomic mass is 9.52. The average Bonchev–Trinajstić information content (AvgIpc) is 3.17. The van der Waals surface area contributed by atoms with Gasteiger partial charge < -0.3 is 15.7 Å². The molecule has 6 rings (SSSR count). The number of carbonyl (C=O) groups is 2. The lowest BCUT2D eigenvalue weighted by Crippen LogP contribution is -2.61. The van der Waals surface area contributed by atoms with Crippen LogP contribution in [0.25, 0.3) is 17.5 Å². The molecule has 0 spiro atoms. The molecular formula is C27H34N4O3. The van der Waals surface area contributed by atoms with Crippen LogP contribution in [-0.2, 0) is 4.79 Å². The molecule has 1 aromatic carbocycles. The van der Waals surface area contributed by atoms with Gasteiger partial charge in [0.05, 0.1) is 28.6 Å². The minimum atomic E-state index is -0.561. The van der Waals surface area contributed by atoms with Crippen LogP contribution in [0.15, 0.2) is 42.6 Å². The van der Waals surface area contributed by atoms with Gasteiger partial charge in [0.1, 0.15) is 0 Å². The summed E-state index contributed by atoms with van der Waals surface area (Å²) in [5.74, 6) is 1.04. The molecule has 4 aliphatic carbocycles. The van der Waals surface area contributed by atoms with E-state index in [0.29, 0.717) is 23.3 Å². The van der Waals surface area contributed by atoms with E-state index in [1.165, 1.54) is 6.92 Å². The van der Waals surface area contributed by atoms with Crippen LogP contribution in [0.3, 0.4) is 0 Å². The summed E-state index contributed by atoms with van der Waals surface area (Å²) < 4.78 is 1.70. The Bertz CT molecular complexity index is 1100. The molecule has 180 valence electrons. The van der Waals surface area contributed by atoms with Crippen molar-refractivity contribution in [1.29, 1.82) is 0 Å². The molecule has 2 aromatic rings. The molecule has 0 aliphatic heterocycles. The highest BCUT2D eigenvalue weighted by atomic mass is 16.3. The van der Waals surface area contributed by atoms with Crippen LogP contribution in [0.5, 0.6) is 0 Å². The smallest absolute Gasteiger partial charge is 0.255 e. The molecule has 2 unspecified atom stereocenters. The highest BCUT2D eigenvalue weighted by Gasteiger charge is 2.55. The third-order valence-corrected chi connectivity index (χ3v) is 7.76. The number of benzene rings is 1. The van der Waals surface area contributed by atoms with Gasteiger partial charge in [-0.05, 0) is 69.8 Å². The molecule has 4 bridgehead atoms. The Morgan fingerprint density at radius 2 is 1.82 bits per heavy atom. The number of rotatable bonds is 6. The van der Waals surface area contributed by atoms with Crippen molar-refractivity contribution in [2.45, 2.75) is 70.1 Å². The van der Waals surface area contributed by atoms with Crippen molar-refractivity contribution in [2.75, 3.05) is 0 Å². The van der Waals surface area contributed by atoms with E-state index in [1.807, 2.05) is 50.3 Å². The topological polar surface area (TPSA) is 96.2 Å². The maximum absolute atomic E-state index is 13.6. The molecule has 4 fully saturated rings. The van der Waals surface area contributed by atoms with Crippen LogP contribution in [0.4, 0.5) is 0 Å². The molecule has 2 atom stereocenters. The van der Waals surface area contributed by atoms with Crippen molar-refractivity contribution in [3.63, 3.8) is 0 Å². The first-order chi connectivity index (χ1) is 16.1. The summed E-state index contributed by atoms with van der Waals surface area (Å²) in [6, 6.07) is 9.87. The van der Waals surface area contributed by atoms with E-state index in [4.69, 9.17) is 0 Å². The van der Waals surface area contributed by atoms with Crippen molar-refractivity contribution in [3.8, 4) is 11.3 Å². The Hall–Kier alpha value is -2.93. The minimum Gasteiger partial charge on any atom is -0.390 e. The van der Waals surface area contributed by atoms with Gasteiger partial charge in [-0.1, -0.05) is 30.3 Å². The van der Waals surface area contributed by atoms with Crippen LogP contribution in [0, 0.1) is 17.8 Å². The third kappa shape index (κ3) is 4.41. The zero-order chi connectivity index (χ0) is 24.1. The van der Waals surface area contributed by atoms with Gasteiger partial charge in [0, 0.05) is 24.7 Å². The van der Waals surface area contributed by atoms with Crippen molar-refractivity contribution in [2.24, 2.45) is 17.8 Å². The molecular weight excluding hydrogens is 428 g/mol. The normalized spacial score (nSPS) is 30.0. The number of aliphatic hydroxyl groups is 1. The number of amides is 2. The molecule has 3 N–H and O–H groups in total. The van der Waals surface area contributed by atoms with E-state index in [2.05, 4.69) is 15.7 Å². The van der Waals surface area contributed by atoms with Crippen molar-refractivity contribution >= 4 is 18.0 Å². The van der Waals surface area contributed by atoms with Gasteiger partial charge in [0.2, 0.25) is 5.91 Å². The number of hydrogen-bond donors (Lipinski definition) is 3. The molecule has 4 saturated carbocycles. The van der Waals surface area contributed by atoms with Crippen molar-refractivity contribution in [1.82, 2.24) is 20.4 Å². The molecule has 2 amide bonds. The summed E-state index contributed by atoms with van der Waals surface area (Å²) in [7, 11) is 0. The van der Waals surface area contributed by atoms with Gasteiger partial charge in [-0.15, -0.1) is 0 Å². The number of hydrogen-bond acceptors (Lipinski definition) is 4. The standard InChI is InChI=1S/C27H34N4O3/c1-17(32)30-26(2,3)9-10-31-24(19-7-5-4-6-8-19)22(16-28-31)25(33)29-23-20-11-18-12-21(23)15-27(34,13-18)14-20/h4-10,16,18,20-21,23,34H,11-15H2,1-3H3,(H,29,33)(H,30,32)/b10-9+. The first-order valence-electron chi connectivity index (χ1n) is 12.3. The SMILES string of the molecule is CC(=O)NC(C)(C)/C=C/n1ncc(C(=O)NC2C3CC4CC2CC(O)(C4)C3)c1-c1ccccc1. The summed E-state index contributed by atoms with van der Waals surface area (Å²) in [6.45, 7) is 5.30. The zero-order valence-corrected chi connectivity index (χ0v) is 20.1. The second kappa shape index (κ2) is 8.38. The predicted molar refractivity (Wildman–Crippen MR) is 131 cm³/mol. The second-order valence-electron chi connectivity index (χ2n) is 11.1. The summed E-state index contributed by atoms with van der Waals surface area (Å²) in [6.07, 6.45) is 9.98. The van der Waals surface area contributed by atoms with Crippen molar-refractivity contribution < 1.29 is 14.7 Å². The van der Waals surface area contributed by atoms with E-state index in [1.54, 1.807) is 17.1 Å². The molecule has 0 saturated heterocycles. The van der Waals surface area contributed by atoms with Gasteiger partial charge in [-0.2, -0.15) is 5.10 Å². The number of aromatic nitrogens is 2. The quantitative estimate of drug-likeness (QED) is 0.611. The monoisotopic (exact) mass is 462 g/mol. The van der Waals surface area contributed by atoms with E-state index >= 15 is 0 Å². The number of nitrogens with one attached hydrogen (secondary N) is 2. The zero-order valence-electron chi connectivity index (χ0n) is 20.1. The fourth-order valence-corrected chi connectivity index (χ4v) is 6.72. The van der Waals surface area contributed by atoms with Crippen LogP contribution in [0.1, 0.15) is 63.2 Å². The van der Waals surface area contributed by atoms with Gasteiger partial charge in [-0.25, -0.2) is 4.68 Å². The van der Waals surface area contributed by atoms with Gasteiger partial charge >= 0.3 is 0 Å². The predicted octanol–water partition coefficient (Wildman–Crippen LogP) is 3.60. The molecule has 34 heavy (non-hydrogen) atoms. The second-order valence-corrected chi connectivity index (χ2v) is 11.1. The fourth-order valence-electron chi connectivity index (χ4n) is 6.72. The highest BCUT2D eigenvalue weighted by Crippen LogP contribution is 2.55. The summed E-state index contributed by atoms with van der Waals surface area (Å²) >= 11 is 0. The van der Waals surface area contributed by atoms with E-state index in [9.17, 15) is 14.7 Å². The highest BCUT2D eigenvalue weighted by molar-refractivity contribution is 6.00. The van der Waals surface area contributed by atoms with Gasteiger partial charge in [-0.3, -0.25) is 9.59 Å². The Morgan fingerprint density at radius 3 is 2.44 bits per heavy atom.